The molecule has 0 amide bonds. The second-order valence-corrected chi connectivity index (χ2v) is 12.6. The Balaban J connectivity index is 1.67. The van der Waals surface area contributed by atoms with Crippen LogP contribution in [0.2, 0.25) is 10.0 Å². The molecule has 0 N–H and O–H groups in total. The van der Waals surface area contributed by atoms with Crippen LogP contribution in [0.3, 0.4) is 0 Å². The molecule has 42 heavy (non-hydrogen) atoms. The Morgan fingerprint density at radius 1 is 1.10 bits per heavy atom. The Labute approximate surface area is 252 Å². The number of carbonyl (C=O) groups is 1. The van der Waals surface area contributed by atoms with Gasteiger partial charge in [0.05, 0.1) is 11.5 Å². The first kappa shape index (κ1) is 31.7. The summed E-state index contributed by atoms with van der Waals surface area (Å²) in [6.45, 7) is -1.45. The first-order chi connectivity index (χ1) is 19.9. The second-order valence-electron chi connectivity index (χ2n) is 9.77. The minimum absolute atomic E-state index is 0.00164. The average Bonchev–Trinajstić information content (AvgIpc) is 3.77. The van der Waals surface area contributed by atoms with Crippen LogP contribution in [0.4, 0.5) is 8.78 Å². The highest BCUT2D eigenvalue weighted by atomic mass is 35.5. The first-order valence-electron chi connectivity index (χ1n) is 12.9. The van der Waals surface area contributed by atoms with Gasteiger partial charge in [-0.2, -0.15) is 17.8 Å². The lowest BCUT2D eigenvalue weighted by Gasteiger charge is -2.26. The molecule has 2 atom stereocenters. The van der Waals surface area contributed by atoms with Crippen LogP contribution in [0.15, 0.2) is 65.8 Å². The summed E-state index contributed by atoms with van der Waals surface area (Å²) < 4.78 is 69.9. The van der Waals surface area contributed by atoms with E-state index < -0.39 is 34.7 Å². The maximum atomic E-state index is 13.4. The molecule has 9 nitrogen and oxygen atoms in total. The molecule has 0 aliphatic heterocycles. The molecule has 0 saturated heterocycles. The van der Waals surface area contributed by atoms with E-state index in [2.05, 4.69) is 4.74 Å². The van der Waals surface area contributed by atoms with Crippen LogP contribution in [-0.2, 0) is 26.0 Å². The van der Waals surface area contributed by atoms with Gasteiger partial charge in [-0.05, 0) is 55.5 Å². The van der Waals surface area contributed by atoms with E-state index in [9.17, 15) is 27.2 Å². The minimum Gasteiger partial charge on any atom is -0.619 e. The zero-order valence-corrected chi connectivity index (χ0v) is 24.9. The van der Waals surface area contributed by atoms with Crippen LogP contribution in [0.5, 0.6) is 11.5 Å². The lowest BCUT2D eigenvalue weighted by Crippen LogP contribution is -2.41. The topological polar surface area (TPSA) is 109 Å². The molecule has 1 aliphatic rings. The van der Waals surface area contributed by atoms with Crippen molar-refractivity contribution in [3.8, 4) is 11.5 Å². The average molecular weight is 646 g/mol. The minimum atomic E-state index is -4.05. The zero-order valence-electron chi connectivity index (χ0n) is 22.6. The molecule has 0 radical (unpaired) electrons. The van der Waals surface area contributed by atoms with Gasteiger partial charge in [-0.25, -0.2) is 8.42 Å². The normalized spacial score (nSPS) is 15.0. The van der Waals surface area contributed by atoms with Gasteiger partial charge in [0.2, 0.25) is 10.0 Å². The number of ether oxygens (including phenoxy) is 3. The maximum Gasteiger partial charge on any atom is 0.387 e. The number of pyridine rings is 1. The van der Waals surface area contributed by atoms with Crippen molar-refractivity contribution in [2.24, 2.45) is 5.92 Å². The summed E-state index contributed by atoms with van der Waals surface area (Å²) in [5.74, 6) is -0.798. The monoisotopic (exact) mass is 644 g/mol. The van der Waals surface area contributed by atoms with Gasteiger partial charge in [0.15, 0.2) is 23.9 Å². The number of nitrogens with zero attached hydrogens (tertiary/aromatic N) is 2. The number of benzene rings is 2. The summed E-state index contributed by atoms with van der Waals surface area (Å²) in [5.41, 5.74) is 0.581. The number of hydrogen-bond acceptors (Lipinski definition) is 7. The lowest BCUT2D eigenvalue weighted by molar-refractivity contribution is -0.605. The highest BCUT2D eigenvalue weighted by Crippen LogP contribution is 2.38. The van der Waals surface area contributed by atoms with E-state index in [0.717, 1.165) is 29.5 Å². The zero-order chi connectivity index (χ0) is 30.6. The molecule has 1 aliphatic carbocycles. The summed E-state index contributed by atoms with van der Waals surface area (Å²) in [4.78, 5) is 13.4. The third-order valence-corrected chi connectivity index (χ3v) is 9.33. The number of sulfonamides is 1. The Bertz CT molecular complexity index is 1500. The third-order valence-electron chi connectivity index (χ3n) is 6.74. The Morgan fingerprint density at radius 3 is 2.33 bits per heavy atom. The largest absolute Gasteiger partial charge is 0.619 e. The Morgan fingerprint density at radius 2 is 1.74 bits per heavy atom. The van der Waals surface area contributed by atoms with Gasteiger partial charge in [-0.3, -0.25) is 4.79 Å². The van der Waals surface area contributed by atoms with Crippen molar-refractivity contribution in [1.29, 1.82) is 0 Å². The molecule has 1 saturated carbocycles. The number of carbonyl (C=O) groups excluding carboxylic acids is 1. The van der Waals surface area contributed by atoms with Gasteiger partial charge >= 0.3 is 12.6 Å². The number of rotatable bonds is 13. The van der Waals surface area contributed by atoms with Gasteiger partial charge in [0.1, 0.15) is 22.2 Å². The SMILES string of the molecule is C[C@H](C(=O)O[C@H](Cc1c(Cl)c[n+]([O-])cc1Cl)c1ccc(OC(F)F)c(OCC2CC2)c1)N(C)S(=O)(=O)c1ccccc1. The number of alkyl halides is 2. The smallest absolute Gasteiger partial charge is 0.387 e. The van der Waals surface area contributed by atoms with Crippen LogP contribution in [0.25, 0.3) is 0 Å². The molecule has 1 fully saturated rings. The van der Waals surface area contributed by atoms with Crippen molar-refractivity contribution < 1.29 is 40.9 Å². The van der Waals surface area contributed by atoms with Crippen molar-refractivity contribution in [3.05, 3.63) is 87.3 Å². The molecule has 1 heterocycles. The van der Waals surface area contributed by atoms with Gasteiger partial charge in [-0.1, -0.05) is 47.5 Å². The van der Waals surface area contributed by atoms with Gasteiger partial charge < -0.3 is 19.4 Å². The standard InChI is InChI=1S/C28H28Cl2F2N2O7S/c1-17(33(2)42(37,38)20-6-4-3-5-7-20)27(35)40-25(13-21-22(29)14-34(36)15-23(21)30)19-10-11-24(41-28(31)32)26(12-19)39-16-18-8-9-18/h3-7,10-12,14-15,17-18,25,28H,8-9,13,16H2,1-2H3/t17-,25-/m1/s1. The van der Waals surface area contributed by atoms with E-state index in [4.69, 9.17) is 32.7 Å². The number of halogens is 4. The van der Waals surface area contributed by atoms with Crippen LogP contribution >= 0.6 is 23.2 Å². The molecular formula is C28H28Cl2F2N2O7S. The molecule has 0 spiro atoms. The van der Waals surface area contributed by atoms with Gasteiger partial charge in [0, 0.05) is 19.0 Å². The molecule has 0 bridgehead atoms. The van der Waals surface area contributed by atoms with Crippen LogP contribution in [0.1, 0.15) is 37.0 Å². The Hall–Kier alpha value is -3.19. The Kier molecular flexibility index (Phi) is 10.1. The molecule has 2 aromatic carbocycles. The predicted octanol–water partition coefficient (Wildman–Crippen LogP) is 5.55. The number of aromatic nitrogens is 1. The summed E-state index contributed by atoms with van der Waals surface area (Å²) >= 11 is 12.6. The summed E-state index contributed by atoms with van der Waals surface area (Å²) in [7, 11) is -2.80. The molecule has 4 rings (SSSR count). The molecule has 3 aromatic rings. The van der Waals surface area contributed by atoms with Crippen molar-refractivity contribution in [2.45, 2.75) is 49.8 Å². The summed E-state index contributed by atoms with van der Waals surface area (Å²) in [5, 5.41) is 11.8. The summed E-state index contributed by atoms with van der Waals surface area (Å²) in [6, 6.07) is 10.4. The molecular weight excluding hydrogens is 617 g/mol. The van der Waals surface area contributed by atoms with Crippen molar-refractivity contribution >= 4 is 39.2 Å². The van der Waals surface area contributed by atoms with E-state index in [1.807, 2.05) is 0 Å². The van der Waals surface area contributed by atoms with Crippen LogP contribution < -0.4 is 14.2 Å². The fourth-order valence-corrected chi connectivity index (χ4v) is 5.95. The molecule has 226 valence electrons. The van der Waals surface area contributed by atoms with E-state index in [1.54, 1.807) is 18.2 Å². The predicted molar refractivity (Wildman–Crippen MR) is 150 cm³/mol. The maximum absolute atomic E-state index is 13.4. The first-order valence-corrected chi connectivity index (χ1v) is 15.1. The molecule has 0 unspecified atom stereocenters. The lowest BCUT2D eigenvalue weighted by atomic mass is 10.0. The van der Waals surface area contributed by atoms with Crippen LogP contribution in [0, 0.1) is 11.1 Å². The van der Waals surface area contributed by atoms with E-state index >= 15 is 0 Å². The van der Waals surface area contributed by atoms with Gasteiger partial charge in [0.25, 0.3) is 0 Å². The summed E-state index contributed by atoms with van der Waals surface area (Å²) in [6.07, 6.45) is 2.78. The van der Waals surface area contributed by atoms with E-state index in [-0.39, 0.29) is 45.0 Å². The van der Waals surface area contributed by atoms with Crippen molar-refractivity contribution in [3.63, 3.8) is 0 Å². The van der Waals surface area contributed by atoms with E-state index in [0.29, 0.717) is 16.2 Å². The fourth-order valence-electron chi connectivity index (χ4n) is 4.02. The highest BCUT2D eigenvalue weighted by Gasteiger charge is 2.33. The van der Waals surface area contributed by atoms with Gasteiger partial charge in [-0.15, -0.1) is 0 Å². The number of hydrogen-bond donors (Lipinski definition) is 0. The molecule has 14 heteroatoms. The van der Waals surface area contributed by atoms with Crippen molar-refractivity contribution in [2.75, 3.05) is 13.7 Å². The quantitative estimate of drug-likeness (QED) is 0.136. The van der Waals surface area contributed by atoms with E-state index in [1.165, 1.54) is 44.3 Å². The number of likely N-dealkylation sites (N-methyl/N-ethyl adjacent to an activating group) is 1. The van der Waals surface area contributed by atoms with Crippen LogP contribution in [-0.4, -0.2) is 45.0 Å². The van der Waals surface area contributed by atoms with Crippen molar-refractivity contribution in [1.82, 2.24) is 4.31 Å². The fraction of sp³-hybridized carbons (Fsp3) is 0.357. The third kappa shape index (κ3) is 7.80. The molecule has 1 aromatic heterocycles. The second kappa shape index (κ2) is 13.4. The highest BCUT2D eigenvalue weighted by molar-refractivity contribution is 7.89. The number of esters is 1.